The molecule has 0 saturated heterocycles. The normalized spacial score (nSPS) is 10.7. The van der Waals surface area contributed by atoms with Crippen molar-refractivity contribution in [3.05, 3.63) is 27.6 Å². The van der Waals surface area contributed by atoms with Crippen LogP contribution in [0.1, 0.15) is 5.82 Å². The minimum absolute atomic E-state index is 0.434. The fourth-order valence-electron chi connectivity index (χ4n) is 1.40. The second-order valence-corrected chi connectivity index (χ2v) is 4.25. The first kappa shape index (κ1) is 10.6. The largest absolute Gasteiger partial charge is 0.494 e. The molecule has 0 radical (unpaired) electrons. The molecule has 0 atom stereocenters. The first-order valence-corrected chi connectivity index (χ1v) is 5.47. The molecule has 1 aromatic heterocycles. The van der Waals surface area contributed by atoms with Crippen molar-refractivity contribution in [2.24, 2.45) is 0 Å². The summed E-state index contributed by atoms with van der Waals surface area (Å²) in [6, 6.07) is 3.71. The van der Waals surface area contributed by atoms with Crippen molar-refractivity contribution in [1.29, 1.82) is 0 Å². The predicted octanol–water partition coefficient (Wildman–Crippen LogP) is 3.36. The van der Waals surface area contributed by atoms with Crippen molar-refractivity contribution >= 4 is 38.4 Å². The summed E-state index contributed by atoms with van der Waals surface area (Å²) < 4.78 is 6.09. The van der Waals surface area contributed by atoms with Crippen LogP contribution in [0.4, 0.5) is 0 Å². The van der Waals surface area contributed by atoms with Crippen molar-refractivity contribution in [1.82, 2.24) is 9.97 Å². The molecule has 15 heavy (non-hydrogen) atoms. The highest BCUT2D eigenvalue weighted by Crippen LogP contribution is 2.33. The number of hydrogen-bond acceptors (Lipinski definition) is 3. The third-order valence-corrected chi connectivity index (χ3v) is 2.98. The van der Waals surface area contributed by atoms with E-state index in [4.69, 9.17) is 16.3 Å². The lowest BCUT2D eigenvalue weighted by atomic mass is 10.2. The molecule has 0 unspecified atom stereocenters. The molecule has 0 bridgehead atoms. The van der Waals surface area contributed by atoms with Gasteiger partial charge in [0.25, 0.3) is 0 Å². The molecule has 0 aliphatic carbocycles. The van der Waals surface area contributed by atoms with Gasteiger partial charge in [-0.05, 0) is 35.0 Å². The van der Waals surface area contributed by atoms with E-state index in [9.17, 15) is 0 Å². The Labute approximate surface area is 101 Å². The molecule has 0 aliphatic heterocycles. The van der Waals surface area contributed by atoms with E-state index in [1.54, 1.807) is 14.0 Å². The molecule has 1 aromatic carbocycles. The SMILES string of the molecule is COc1ccc(Br)c2c(Cl)nc(C)nc12. The highest BCUT2D eigenvalue weighted by atomic mass is 79.9. The van der Waals surface area contributed by atoms with Crippen molar-refractivity contribution in [2.75, 3.05) is 7.11 Å². The Morgan fingerprint density at radius 1 is 1.33 bits per heavy atom. The Morgan fingerprint density at radius 2 is 2.07 bits per heavy atom. The van der Waals surface area contributed by atoms with Crippen LogP contribution >= 0.6 is 27.5 Å². The lowest BCUT2D eigenvalue weighted by molar-refractivity contribution is 0.418. The highest BCUT2D eigenvalue weighted by Gasteiger charge is 2.11. The first-order chi connectivity index (χ1) is 7.13. The molecule has 2 rings (SSSR count). The van der Waals surface area contributed by atoms with Gasteiger partial charge in [0.15, 0.2) is 0 Å². The van der Waals surface area contributed by atoms with E-state index in [-0.39, 0.29) is 0 Å². The third-order valence-electron chi connectivity index (χ3n) is 2.05. The standard InChI is InChI=1S/C10H8BrClN2O/c1-5-13-9-7(15-2)4-3-6(11)8(9)10(12)14-5/h3-4H,1-2H3. The van der Waals surface area contributed by atoms with E-state index in [1.165, 1.54) is 0 Å². The van der Waals surface area contributed by atoms with E-state index in [2.05, 4.69) is 25.9 Å². The van der Waals surface area contributed by atoms with Crippen LogP contribution in [0.2, 0.25) is 5.15 Å². The summed E-state index contributed by atoms with van der Waals surface area (Å²) in [5.41, 5.74) is 0.726. The molecule has 0 spiro atoms. The minimum atomic E-state index is 0.434. The number of fused-ring (bicyclic) bond motifs is 1. The van der Waals surface area contributed by atoms with Crippen LogP contribution < -0.4 is 4.74 Å². The topological polar surface area (TPSA) is 35.0 Å². The maximum absolute atomic E-state index is 6.06. The number of aromatic nitrogens is 2. The smallest absolute Gasteiger partial charge is 0.145 e. The summed E-state index contributed by atoms with van der Waals surface area (Å²) in [4.78, 5) is 8.42. The molecule has 0 fully saturated rings. The van der Waals surface area contributed by atoms with Crippen LogP contribution in [0.15, 0.2) is 16.6 Å². The summed E-state index contributed by atoms with van der Waals surface area (Å²) in [6.07, 6.45) is 0. The maximum Gasteiger partial charge on any atom is 0.145 e. The van der Waals surface area contributed by atoms with Crippen molar-refractivity contribution in [2.45, 2.75) is 6.92 Å². The molecule has 0 aliphatic rings. The second-order valence-electron chi connectivity index (χ2n) is 3.03. The molecular weight excluding hydrogens is 279 g/mol. The Hall–Kier alpha value is -0.870. The van der Waals surface area contributed by atoms with E-state index < -0.39 is 0 Å². The van der Waals surface area contributed by atoms with Crippen LogP contribution in [0, 0.1) is 6.92 Å². The molecular formula is C10H8BrClN2O. The summed E-state index contributed by atoms with van der Waals surface area (Å²) in [7, 11) is 1.61. The Bertz CT molecular complexity index is 530. The number of methoxy groups -OCH3 is 1. The molecule has 2 aromatic rings. The van der Waals surface area contributed by atoms with Crippen LogP contribution in [0.25, 0.3) is 10.9 Å². The number of rotatable bonds is 1. The number of nitrogens with zero attached hydrogens (tertiary/aromatic N) is 2. The molecule has 3 nitrogen and oxygen atoms in total. The van der Waals surface area contributed by atoms with Gasteiger partial charge in [-0.3, -0.25) is 0 Å². The average Bonchev–Trinajstić information content (AvgIpc) is 2.17. The van der Waals surface area contributed by atoms with E-state index in [0.717, 1.165) is 15.4 Å². The van der Waals surface area contributed by atoms with Crippen LogP contribution in [-0.4, -0.2) is 17.1 Å². The molecule has 0 saturated carbocycles. The van der Waals surface area contributed by atoms with Crippen molar-refractivity contribution in [3.63, 3.8) is 0 Å². The van der Waals surface area contributed by atoms with Crippen molar-refractivity contribution in [3.8, 4) is 5.75 Å². The zero-order chi connectivity index (χ0) is 11.0. The van der Waals surface area contributed by atoms with Gasteiger partial charge in [-0.25, -0.2) is 9.97 Å². The van der Waals surface area contributed by atoms with Gasteiger partial charge in [0, 0.05) is 4.47 Å². The van der Waals surface area contributed by atoms with Gasteiger partial charge in [0.05, 0.1) is 12.5 Å². The summed E-state index contributed by atoms with van der Waals surface area (Å²) >= 11 is 9.48. The lowest BCUT2D eigenvalue weighted by Crippen LogP contribution is -1.94. The van der Waals surface area contributed by atoms with E-state index in [1.807, 2.05) is 12.1 Å². The Morgan fingerprint density at radius 3 is 2.73 bits per heavy atom. The molecule has 0 N–H and O–H groups in total. The van der Waals surface area contributed by atoms with E-state index in [0.29, 0.717) is 16.7 Å². The van der Waals surface area contributed by atoms with Crippen LogP contribution in [0.5, 0.6) is 5.75 Å². The van der Waals surface area contributed by atoms with Crippen molar-refractivity contribution < 1.29 is 4.74 Å². The zero-order valence-corrected chi connectivity index (χ0v) is 10.6. The van der Waals surface area contributed by atoms with Gasteiger partial charge in [0.2, 0.25) is 0 Å². The Balaban J connectivity index is 2.93. The van der Waals surface area contributed by atoms with Gasteiger partial charge >= 0.3 is 0 Å². The lowest BCUT2D eigenvalue weighted by Gasteiger charge is -2.07. The maximum atomic E-state index is 6.06. The quantitative estimate of drug-likeness (QED) is 0.754. The van der Waals surface area contributed by atoms with Gasteiger partial charge in [-0.15, -0.1) is 0 Å². The molecule has 78 valence electrons. The number of benzene rings is 1. The number of ether oxygens (including phenoxy) is 1. The minimum Gasteiger partial charge on any atom is -0.494 e. The number of halogens is 2. The van der Waals surface area contributed by atoms with Gasteiger partial charge in [0.1, 0.15) is 22.2 Å². The third kappa shape index (κ3) is 1.79. The molecule has 0 amide bonds. The zero-order valence-electron chi connectivity index (χ0n) is 8.21. The number of hydrogen-bond donors (Lipinski definition) is 0. The number of aryl methyl sites for hydroxylation is 1. The van der Waals surface area contributed by atoms with Gasteiger partial charge in [-0.2, -0.15) is 0 Å². The van der Waals surface area contributed by atoms with Crippen LogP contribution in [0.3, 0.4) is 0 Å². The van der Waals surface area contributed by atoms with Gasteiger partial charge in [-0.1, -0.05) is 11.6 Å². The van der Waals surface area contributed by atoms with Crippen LogP contribution in [-0.2, 0) is 0 Å². The van der Waals surface area contributed by atoms with Gasteiger partial charge < -0.3 is 4.74 Å². The van der Waals surface area contributed by atoms with E-state index >= 15 is 0 Å². The molecule has 5 heteroatoms. The fraction of sp³-hybridized carbons (Fsp3) is 0.200. The summed E-state index contributed by atoms with van der Waals surface area (Å²) in [6.45, 7) is 1.80. The molecule has 1 heterocycles. The summed E-state index contributed by atoms with van der Waals surface area (Å²) in [5, 5.41) is 1.21. The summed E-state index contributed by atoms with van der Waals surface area (Å²) in [5.74, 6) is 1.32. The Kier molecular flexibility index (Phi) is 2.80. The monoisotopic (exact) mass is 286 g/mol. The second kappa shape index (κ2) is 3.94. The first-order valence-electron chi connectivity index (χ1n) is 4.30. The highest BCUT2D eigenvalue weighted by molar-refractivity contribution is 9.10. The fourth-order valence-corrected chi connectivity index (χ4v) is 2.34. The predicted molar refractivity (Wildman–Crippen MR) is 63.5 cm³/mol. The average molecular weight is 288 g/mol.